The summed E-state index contributed by atoms with van der Waals surface area (Å²) < 4.78 is 9.39. The summed E-state index contributed by atoms with van der Waals surface area (Å²) in [6.07, 6.45) is 0. The Morgan fingerprint density at radius 2 is 0.360 bits per heavy atom. The second-order valence-corrected chi connectivity index (χ2v) is 33.7. The molecule has 16 aliphatic rings. The van der Waals surface area contributed by atoms with Gasteiger partial charge in [-0.25, -0.2) is 0 Å². The molecule has 0 radical (unpaired) electrons. The topological polar surface area (TPSA) is 38.5 Å². The van der Waals surface area contributed by atoms with Crippen LogP contribution in [-0.2, 0) is 32.5 Å². The predicted octanol–water partition coefficient (Wildman–Crippen LogP) is 11.8. The van der Waals surface area contributed by atoms with Crippen molar-refractivity contribution >= 4 is 215 Å². The summed E-state index contributed by atoms with van der Waals surface area (Å²) in [6.45, 7) is 17.2. The lowest BCUT2D eigenvalue weighted by atomic mass is 9.51. The SMILES string of the molecule is CN1CCN([C@@]23C4=C5C6=C7C48OC84c8c2c2c9c3c3c%10c%11c(c%12c%13c%14c(c%15c%16c%17c(c4c4c8c8c2c2c%18c9c%10c9c%10c%11c%13c%11c%13c%14c%16c%14c%16c%17c4c4c8c2c2c(c4%16)c(c%14%13)c(c%10%11)c2c%189)[C@]7%15N2CCN(C)CC2)[C@]6%12N2CCN(C)CC2)[C@]53N2CCN(C)CC2)CC1. The highest BCUT2D eigenvalue weighted by molar-refractivity contribution is 6.77. The first-order chi connectivity index (χ1) is 43.9. The van der Waals surface area contributed by atoms with E-state index in [0.717, 1.165) is 105 Å². The molecule has 9 heteroatoms. The van der Waals surface area contributed by atoms with Crippen LogP contribution in [0.15, 0.2) is 22.3 Å². The summed E-state index contributed by atoms with van der Waals surface area (Å²) >= 11 is 0. The first-order valence-electron chi connectivity index (χ1n) is 34.7. The molecule has 5 heterocycles. The van der Waals surface area contributed by atoms with Gasteiger partial charge in [0.2, 0.25) is 0 Å². The van der Waals surface area contributed by atoms with Crippen molar-refractivity contribution in [1.82, 2.24) is 39.2 Å². The standard InChI is InChI=1S/C80H44N8O/c1-81-5-13-85(14-6-81)75-61-51-41-31-26-21-22-24-25-23(21)28-34-32(26)42(41)52-54-44(34)46-36(28)38-30(25)40-39-29(24)37-35-27(22)33(31)43-45(35)55-57-47(37)49(39)59-60-50(40)48(38)58-56(46)66-64(54)76(62(52)61,86-15-7-82(2)8-16-86)72-71(75)73-77(65(55)63(75)53(43)51,87-17-9-83(3)10-18-87)67(57)69(59)79-70(60)68(58)78(66,74(72)80(73,79)89-79)88-19-11-84(4)12-20-88/h5-20H2,1-4H3/t75-,76+,77-,78+,79?,80?. The van der Waals surface area contributed by atoms with E-state index in [1.165, 1.54) is 0 Å². The Morgan fingerprint density at radius 1 is 0.191 bits per heavy atom. The van der Waals surface area contributed by atoms with Crippen molar-refractivity contribution in [2.75, 3.05) is 133 Å². The molecule has 21 aromatic carbocycles. The van der Waals surface area contributed by atoms with Crippen LogP contribution in [0.4, 0.5) is 0 Å². The number of benzene rings is 15. The highest BCUT2D eigenvalue weighted by Gasteiger charge is 2.95. The molecule has 0 N–H and O–H groups in total. The van der Waals surface area contributed by atoms with Crippen LogP contribution in [0.5, 0.6) is 0 Å². The predicted molar refractivity (Wildman–Crippen MR) is 356 cm³/mol. The van der Waals surface area contributed by atoms with Gasteiger partial charge < -0.3 is 24.3 Å². The third-order valence-electron chi connectivity index (χ3n) is 32.7. The Balaban J connectivity index is 0.996. The minimum absolute atomic E-state index is 0.497. The van der Waals surface area contributed by atoms with Crippen LogP contribution in [0, 0.1) is 0 Å². The summed E-state index contributed by atoms with van der Waals surface area (Å²) in [5.74, 6) is 0. The van der Waals surface area contributed by atoms with E-state index in [2.05, 4.69) is 67.4 Å². The van der Waals surface area contributed by atoms with Gasteiger partial charge in [0.1, 0.15) is 0 Å². The second kappa shape index (κ2) is 9.53. The summed E-state index contributed by atoms with van der Waals surface area (Å²) in [7, 11) is 9.74. The maximum absolute atomic E-state index is 9.39. The van der Waals surface area contributed by atoms with Gasteiger partial charge in [-0.2, -0.15) is 0 Å². The van der Waals surface area contributed by atoms with Gasteiger partial charge in [0, 0.05) is 127 Å². The molecule has 410 valence electrons. The van der Waals surface area contributed by atoms with Crippen molar-refractivity contribution in [2.24, 2.45) is 0 Å². The molecule has 89 heavy (non-hydrogen) atoms. The van der Waals surface area contributed by atoms with Gasteiger partial charge in [-0.1, -0.05) is 0 Å². The summed E-state index contributed by atoms with van der Waals surface area (Å²) in [5, 5.41) is 67.5. The Labute approximate surface area is 500 Å². The van der Waals surface area contributed by atoms with Crippen molar-refractivity contribution in [3.63, 3.8) is 0 Å². The molecular formula is C80H44N8O. The van der Waals surface area contributed by atoms with Crippen LogP contribution in [-0.4, -0.2) is 178 Å². The smallest absolute Gasteiger partial charge is 0.159 e. The van der Waals surface area contributed by atoms with Crippen molar-refractivity contribution < 1.29 is 4.74 Å². The zero-order valence-corrected chi connectivity index (χ0v) is 49.3. The Morgan fingerprint density at radius 3 is 0.584 bits per heavy atom. The number of hydrogen-bond donors (Lipinski definition) is 0. The third-order valence-corrected chi connectivity index (χ3v) is 32.7. The molecule has 37 rings (SSSR count). The minimum Gasteiger partial charge on any atom is -0.342 e. The molecule has 2 spiro atoms. The molecule has 0 saturated carbocycles. The molecule has 11 aliphatic carbocycles. The molecule has 9 nitrogen and oxygen atoms in total. The molecule has 5 fully saturated rings. The fourth-order valence-corrected chi connectivity index (χ4v) is 31.4. The van der Waals surface area contributed by atoms with Crippen LogP contribution in [0.25, 0.3) is 215 Å². The summed E-state index contributed by atoms with van der Waals surface area (Å²) in [5.41, 5.74) is 21.4. The number of epoxide rings is 1. The number of nitrogens with zero attached hydrogens (tertiary/aromatic N) is 8. The van der Waals surface area contributed by atoms with Gasteiger partial charge in [0.15, 0.2) is 11.2 Å². The van der Waals surface area contributed by atoms with Crippen molar-refractivity contribution in [1.29, 1.82) is 0 Å². The molecule has 0 amide bonds. The highest BCUT2D eigenvalue weighted by atomic mass is 16.6. The summed E-state index contributed by atoms with van der Waals surface area (Å²) in [4.78, 5) is 23.8. The Bertz CT molecular complexity index is 7130. The molecule has 2 unspecified atom stereocenters. The number of hydrogen-bond acceptors (Lipinski definition) is 9. The highest BCUT2D eigenvalue weighted by Crippen LogP contribution is 2.96. The second-order valence-electron chi connectivity index (χ2n) is 33.7. The average molecular weight is 1130 g/mol. The van der Waals surface area contributed by atoms with E-state index in [-0.39, 0.29) is 0 Å². The average Bonchev–Trinajstić information content (AvgIpc) is 1.36. The third kappa shape index (κ3) is 2.38. The lowest BCUT2D eigenvalue weighted by Crippen LogP contribution is -2.67. The first-order valence-corrected chi connectivity index (χ1v) is 34.7. The molecule has 6 atom stereocenters. The van der Waals surface area contributed by atoms with Crippen molar-refractivity contribution in [3.05, 3.63) is 77.9 Å². The van der Waals surface area contributed by atoms with Crippen LogP contribution >= 0.6 is 0 Å². The number of rotatable bonds is 4. The van der Waals surface area contributed by atoms with Crippen LogP contribution in [0.1, 0.15) is 55.6 Å². The maximum Gasteiger partial charge on any atom is 0.159 e. The van der Waals surface area contributed by atoms with E-state index < -0.39 is 33.4 Å². The van der Waals surface area contributed by atoms with Gasteiger partial charge in [-0.15, -0.1) is 0 Å². The van der Waals surface area contributed by atoms with Crippen molar-refractivity contribution in [2.45, 2.75) is 33.4 Å². The Hall–Kier alpha value is -7.38. The fourth-order valence-electron chi connectivity index (χ4n) is 31.4. The van der Waals surface area contributed by atoms with E-state index in [4.69, 9.17) is 0 Å². The molecule has 0 aromatic heterocycles. The fraction of sp³-hybridized carbons (Fsp3) is 0.325. The lowest BCUT2D eigenvalue weighted by molar-refractivity contribution is 0.0426. The molecule has 0 bridgehead atoms. The molecular weight excluding hydrogens is 1090 g/mol. The molecule has 21 aromatic rings. The van der Waals surface area contributed by atoms with Gasteiger partial charge in [-0.05, 0) is 299 Å². The lowest BCUT2D eigenvalue weighted by Gasteiger charge is -2.63. The molecule has 5 aliphatic heterocycles. The zero-order valence-electron chi connectivity index (χ0n) is 49.3. The van der Waals surface area contributed by atoms with E-state index in [9.17, 15) is 4.74 Å². The number of likely N-dealkylation sites (N-methyl/N-ethyl adjacent to an activating group) is 4. The largest absolute Gasteiger partial charge is 0.342 e. The quantitative estimate of drug-likeness (QED) is 0.127. The van der Waals surface area contributed by atoms with E-state index in [0.29, 0.717) is 0 Å². The maximum atomic E-state index is 9.39. The number of piperazine rings is 4. The van der Waals surface area contributed by atoms with E-state index >= 15 is 0 Å². The summed E-state index contributed by atoms with van der Waals surface area (Å²) in [6, 6.07) is 0. The van der Waals surface area contributed by atoms with E-state index in [1.54, 1.807) is 293 Å². The van der Waals surface area contributed by atoms with Gasteiger partial charge in [-0.3, -0.25) is 19.6 Å². The van der Waals surface area contributed by atoms with Crippen LogP contribution < -0.4 is 0 Å². The normalized spacial score (nSPS) is 34.2. The van der Waals surface area contributed by atoms with Gasteiger partial charge in [0.05, 0.1) is 22.2 Å². The number of ether oxygens (including phenoxy) is 1. The zero-order chi connectivity index (χ0) is 54.8. The van der Waals surface area contributed by atoms with Crippen molar-refractivity contribution in [3.8, 4) is 0 Å². The molecule has 5 saturated heterocycles. The van der Waals surface area contributed by atoms with E-state index in [1.807, 2.05) is 0 Å². The van der Waals surface area contributed by atoms with Crippen LogP contribution in [0.3, 0.4) is 0 Å². The van der Waals surface area contributed by atoms with Gasteiger partial charge >= 0.3 is 0 Å². The monoisotopic (exact) mass is 1130 g/mol. The Kier molecular flexibility index (Phi) is 4.18. The minimum atomic E-state index is -0.667. The van der Waals surface area contributed by atoms with Gasteiger partial charge in [0.25, 0.3) is 0 Å². The first kappa shape index (κ1) is 39.0. The van der Waals surface area contributed by atoms with Crippen LogP contribution in [0.2, 0.25) is 0 Å².